The number of carbonyl (C=O) groups is 4. The van der Waals surface area contributed by atoms with Gasteiger partial charge in [0.05, 0.1) is 23.2 Å². The van der Waals surface area contributed by atoms with Crippen molar-refractivity contribution >= 4 is 23.9 Å². The average molecular weight is 571 g/mol. The van der Waals surface area contributed by atoms with E-state index in [0.717, 1.165) is 6.42 Å². The van der Waals surface area contributed by atoms with Crippen molar-refractivity contribution in [3.8, 4) is 0 Å². The largest absolute Gasteiger partial charge is 0.465 e. The van der Waals surface area contributed by atoms with Crippen molar-refractivity contribution < 1.29 is 48.0 Å². The number of ether oxygens (including phenoxy) is 5. The minimum absolute atomic E-state index is 0.0167. The van der Waals surface area contributed by atoms with Crippen LogP contribution in [0.2, 0.25) is 0 Å². The van der Waals surface area contributed by atoms with Crippen LogP contribution in [-0.2, 0) is 38.1 Å². The first-order chi connectivity index (χ1) is 19.3. The quantitative estimate of drug-likeness (QED) is 0.281. The number of rotatable bonds is 8. The second kappa shape index (κ2) is 10.5. The van der Waals surface area contributed by atoms with Crippen molar-refractivity contribution in [2.24, 2.45) is 16.7 Å². The number of benzene rings is 1. The van der Waals surface area contributed by atoms with Crippen LogP contribution in [0.1, 0.15) is 70.2 Å². The molecule has 1 saturated heterocycles. The van der Waals surface area contributed by atoms with Gasteiger partial charge in [-0.15, -0.1) is 0 Å². The monoisotopic (exact) mass is 570 g/mol. The average Bonchev–Trinajstić information content (AvgIpc) is 3.57. The van der Waals surface area contributed by atoms with Gasteiger partial charge in [0.15, 0.2) is 0 Å². The fourth-order valence-corrected chi connectivity index (χ4v) is 7.77. The summed E-state index contributed by atoms with van der Waals surface area (Å²) in [5, 5.41) is 12.3. The minimum Gasteiger partial charge on any atom is -0.465 e. The zero-order valence-electron chi connectivity index (χ0n) is 24.0. The smallest absolute Gasteiger partial charge is 0.338 e. The van der Waals surface area contributed by atoms with Gasteiger partial charge in [0.1, 0.15) is 31.0 Å². The first-order valence-electron chi connectivity index (χ1n) is 14.1. The topological polar surface area (TPSA) is 138 Å². The lowest BCUT2D eigenvalue weighted by molar-refractivity contribution is -0.284. The standard InChI is InChI=1S/C31H38O10/c1-19(32)38-18-31-23(11-8-12-30(31)17-39-30)29(4,24(40-20(2)33)13-21-14-26(34)37-16-21)28(3,36)15-25(31)41-27(35)22-9-6-5-7-10-22/h5-7,9-10,14,23-25,36H,8,11-13,15-18H2,1-4H3. The molecule has 10 heteroatoms. The molecule has 1 spiro atoms. The molecule has 2 aliphatic heterocycles. The maximum Gasteiger partial charge on any atom is 0.338 e. The van der Waals surface area contributed by atoms with Crippen molar-refractivity contribution in [3.05, 3.63) is 47.5 Å². The summed E-state index contributed by atoms with van der Waals surface area (Å²) < 4.78 is 29.2. The van der Waals surface area contributed by atoms with E-state index in [1.54, 1.807) is 37.3 Å². The normalized spacial score (nSPS) is 36.4. The van der Waals surface area contributed by atoms with Gasteiger partial charge in [-0.3, -0.25) is 9.59 Å². The molecular formula is C31H38O10. The van der Waals surface area contributed by atoms with Gasteiger partial charge in [0.25, 0.3) is 0 Å². The van der Waals surface area contributed by atoms with Crippen LogP contribution >= 0.6 is 0 Å². The molecule has 1 aromatic rings. The van der Waals surface area contributed by atoms with Crippen LogP contribution in [0.5, 0.6) is 0 Å². The molecule has 7 unspecified atom stereocenters. The lowest BCUT2D eigenvalue weighted by Gasteiger charge is -2.66. The Morgan fingerprint density at radius 1 is 1.12 bits per heavy atom. The van der Waals surface area contributed by atoms with Crippen LogP contribution in [0.3, 0.4) is 0 Å². The number of esters is 4. The molecule has 0 bridgehead atoms. The van der Waals surface area contributed by atoms with Gasteiger partial charge in [-0.1, -0.05) is 31.5 Å². The number of cyclic esters (lactones) is 1. The predicted octanol–water partition coefficient (Wildman–Crippen LogP) is 3.30. The second-order valence-electron chi connectivity index (χ2n) is 12.3. The number of fused-ring (bicyclic) bond motifs is 2. The zero-order chi connectivity index (χ0) is 29.6. The fraction of sp³-hybridized carbons (Fsp3) is 0.613. The molecule has 1 aromatic carbocycles. The maximum atomic E-state index is 13.4. The molecule has 3 fully saturated rings. The van der Waals surface area contributed by atoms with Gasteiger partial charge in [-0.05, 0) is 43.4 Å². The molecule has 0 aromatic heterocycles. The van der Waals surface area contributed by atoms with Crippen LogP contribution in [0, 0.1) is 16.7 Å². The molecule has 0 radical (unpaired) electrons. The van der Waals surface area contributed by atoms with E-state index in [0.29, 0.717) is 30.6 Å². The van der Waals surface area contributed by atoms with E-state index in [-0.39, 0.29) is 26.1 Å². The van der Waals surface area contributed by atoms with Crippen molar-refractivity contribution in [2.45, 2.75) is 83.2 Å². The summed E-state index contributed by atoms with van der Waals surface area (Å²) in [6.07, 6.45) is 1.78. The van der Waals surface area contributed by atoms with Gasteiger partial charge in [0.2, 0.25) is 0 Å². The Hall–Kier alpha value is -3.24. The molecule has 5 rings (SSSR count). The summed E-state index contributed by atoms with van der Waals surface area (Å²) in [6.45, 7) is 6.54. The molecule has 7 atom stereocenters. The van der Waals surface area contributed by atoms with Gasteiger partial charge < -0.3 is 28.8 Å². The Morgan fingerprint density at radius 3 is 2.41 bits per heavy atom. The van der Waals surface area contributed by atoms with E-state index in [4.69, 9.17) is 23.7 Å². The van der Waals surface area contributed by atoms with Crippen LogP contribution in [0.4, 0.5) is 0 Å². The van der Waals surface area contributed by atoms with Gasteiger partial charge in [-0.25, -0.2) is 9.59 Å². The summed E-state index contributed by atoms with van der Waals surface area (Å²) >= 11 is 0. The highest BCUT2D eigenvalue weighted by Gasteiger charge is 2.78. The highest BCUT2D eigenvalue weighted by atomic mass is 16.6. The summed E-state index contributed by atoms with van der Waals surface area (Å²) in [5.41, 5.74) is -3.42. The number of carbonyl (C=O) groups excluding carboxylic acids is 4. The van der Waals surface area contributed by atoms with Crippen LogP contribution < -0.4 is 0 Å². The Balaban J connectivity index is 1.64. The van der Waals surface area contributed by atoms with Gasteiger partial charge in [0, 0.05) is 38.2 Å². The summed E-state index contributed by atoms with van der Waals surface area (Å²) in [7, 11) is 0. The van der Waals surface area contributed by atoms with Crippen molar-refractivity contribution in [3.63, 3.8) is 0 Å². The Kier molecular flexibility index (Phi) is 7.53. The first kappa shape index (κ1) is 29.3. The molecular weight excluding hydrogens is 532 g/mol. The van der Waals surface area contributed by atoms with E-state index < -0.39 is 64.0 Å². The highest BCUT2D eigenvalue weighted by molar-refractivity contribution is 5.89. The second-order valence-corrected chi connectivity index (χ2v) is 12.3. The van der Waals surface area contributed by atoms with Gasteiger partial charge >= 0.3 is 23.9 Å². The lowest BCUT2D eigenvalue weighted by atomic mass is 9.41. The predicted molar refractivity (Wildman–Crippen MR) is 143 cm³/mol. The van der Waals surface area contributed by atoms with E-state index in [9.17, 15) is 24.3 Å². The van der Waals surface area contributed by atoms with Crippen LogP contribution in [-0.4, -0.2) is 72.2 Å². The molecule has 0 amide bonds. The first-order valence-corrected chi connectivity index (χ1v) is 14.1. The molecule has 2 aliphatic carbocycles. The Morgan fingerprint density at radius 2 is 1.83 bits per heavy atom. The van der Waals surface area contributed by atoms with E-state index >= 15 is 0 Å². The van der Waals surface area contributed by atoms with Crippen LogP contribution in [0.25, 0.3) is 0 Å². The number of hydrogen-bond acceptors (Lipinski definition) is 10. The van der Waals surface area contributed by atoms with Crippen molar-refractivity contribution in [1.82, 2.24) is 0 Å². The number of hydrogen-bond donors (Lipinski definition) is 1. The third-order valence-electron chi connectivity index (χ3n) is 10.00. The molecule has 4 aliphatic rings. The lowest BCUT2D eigenvalue weighted by Crippen LogP contribution is -2.74. The van der Waals surface area contributed by atoms with E-state index in [2.05, 4.69) is 0 Å². The molecule has 41 heavy (non-hydrogen) atoms. The molecule has 2 heterocycles. The summed E-state index contributed by atoms with van der Waals surface area (Å²) in [4.78, 5) is 50.0. The number of aliphatic hydroxyl groups is 1. The van der Waals surface area contributed by atoms with E-state index in [1.165, 1.54) is 19.9 Å². The fourth-order valence-electron chi connectivity index (χ4n) is 7.77. The molecule has 222 valence electrons. The minimum atomic E-state index is -1.52. The zero-order valence-corrected chi connectivity index (χ0v) is 24.0. The molecule has 1 N–H and O–H groups in total. The highest BCUT2D eigenvalue weighted by Crippen LogP contribution is 2.70. The van der Waals surface area contributed by atoms with Crippen LogP contribution in [0.15, 0.2) is 42.0 Å². The maximum absolute atomic E-state index is 13.4. The third-order valence-corrected chi connectivity index (χ3v) is 10.00. The van der Waals surface area contributed by atoms with E-state index in [1.807, 2.05) is 6.92 Å². The third kappa shape index (κ3) is 4.95. The summed E-state index contributed by atoms with van der Waals surface area (Å²) in [6, 6.07) is 8.59. The molecule has 10 nitrogen and oxygen atoms in total. The molecule has 2 saturated carbocycles. The Bertz CT molecular complexity index is 1250. The Labute approximate surface area is 239 Å². The SMILES string of the molecule is CC(=O)OCC12C(OC(=O)c3ccccc3)CC(C)(O)C(C)(C(CC3=CC(=O)OC3)OC(C)=O)C1CCCC21CO1. The van der Waals surface area contributed by atoms with Crippen molar-refractivity contribution in [1.29, 1.82) is 0 Å². The number of epoxide rings is 1. The van der Waals surface area contributed by atoms with Crippen molar-refractivity contribution in [2.75, 3.05) is 19.8 Å². The van der Waals surface area contributed by atoms with Gasteiger partial charge in [-0.2, -0.15) is 0 Å². The summed E-state index contributed by atoms with van der Waals surface area (Å²) in [5.74, 6) is -2.52.